The van der Waals surface area contributed by atoms with E-state index in [0.717, 1.165) is 25.0 Å². The van der Waals surface area contributed by atoms with Gasteiger partial charge in [-0.05, 0) is 18.9 Å². The van der Waals surface area contributed by atoms with Crippen molar-refractivity contribution in [1.82, 2.24) is 5.32 Å². The molecule has 0 spiro atoms. The monoisotopic (exact) mass is 141 g/mol. The van der Waals surface area contributed by atoms with Crippen LogP contribution in [0, 0.1) is 11.8 Å². The van der Waals surface area contributed by atoms with E-state index in [1.165, 1.54) is 13.0 Å². The predicted molar refractivity (Wildman–Crippen MR) is 39.9 cm³/mol. The number of ether oxygens (including phenoxy) is 1. The van der Waals surface area contributed by atoms with Gasteiger partial charge in [0.05, 0.1) is 13.2 Å². The smallest absolute Gasteiger partial charge is 0.0623 e. The van der Waals surface area contributed by atoms with E-state index >= 15 is 0 Å². The minimum atomic E-state index is 0.670. The average molecular weight is 141 g/mol. The van der Waals surface area contributed by atoms with Crippen molar-refractivity contribution in [3.05, 3.63) is 0 Å². The van der Waals surface area contributed by atoms with Crippen molar-refractivity contribution in [2.24, 2.45) is 11.8 Å². The first-order valence-electron chi connectivity index (χ1n) is 4.19. The maximum Gasteiger partial charge on any atom is 0.0623 e. The van der Waals surface area contributed by atoms with Crippen molar-refractivity contribution in [2.75, 3.05) is 19.8 Å². The van der Waals surface area contributed by atoms with Crippen molar-refractivity contribution < 1.29 is 4.74 Å². The van der Waals surface area contributed by atoms with E-state index in [1.807, 2.05) is 0 Å². The van der Waals surface area contributed by atoms with Gasteiger partial charge >= 0.3 is 0 Å². The molecule has 2 aliphatic heterocycles. The van der Waals surface area contributed by atoms with Gasteiger partial charge in [-0.3, -0.25) is 0 Å². The fourth-order valence-electron chi connectivity index (χ4n) is 2.05. The second-order valence-electron chi connectivity index (χ2n) is 3.53. The zero-order valence-corrected chi connectivity index (χ0v) is 6.47. The maximum absolute atomic E-state index is 5.40. The molecule has 58 valence electrons. The van der Waals surface area contributed by atoms with Crippen LogP contribution in [0.2, 0.25) is 0 Å². The summed E-state index contributed by atoms with van der Waals surface area (Å²) >= 11 is 0. The van der Waals surface area contributed by atoms with Gasteiger partial charge in [-0.25, -0.2) is 0 Å². The van der Waals surface area contributed by atoms with Gasteiger partial charge in [0, 0.05) is 12.0 Å². The maximum atomic E-state index is 5.40. The SMILES string of the molecule is CC1CCNC2COCC12. The summed E-state index contributed by atoms with van der Waals surface area (Å²) in [7, 11) is 0. The Hall–Kier alpha value is -0.0800. The van der Waals surface area contributed by atoms with Gasteiger partial charge < -0.3 is 10.1 Å². The fourth-order valence-corrected chi connectivity index (χ4v) is 2.05. The van der Waals surface area contributed by atoms with Crippen molar-refractivity contribution in [3.8, 4) is 0 Å². The van der Waals surface area contributed by atoms with E-state index < -0.39 is 0 Å². The number of nitrogens with one attached hydrogen (secondary N) is 1. The fraction of sp³-hybridized carbons (Fsp3) is 1.00. The average Bonchev–Trinajstić information content (AvgIpc) is 2.36. The van der Waals surface area contributed by atoms with Gasteiger partial charge in [0.15, 0.2) is 0 Å². The largest absolute Gasteiger partial charge is 0.379 e. The summed E-state index contributed by atoms with van der Waals surface area (Å²) in [5.74, 6) is 1.67. The van der Waals surface area contributed by atoms with Crippen LogP contribution in [0.15, 0.2) is 0 Å². The third-order valence-electron chi connectivity index (χ3n) is 2.86. The quantitative estimate of drug-likeness (QED) is 0.534. The van der Waals surface area contributed by atoms with E-state index in [1.54, 1.807) is 0 Å². The molecule has 10 heavy (non-hydrogen) atoms. The Bertz CT molecular complexity index is 126. The number of hydrogen-bond donors (Lipinski definition) is 1. The highest BCUT2D eigenvalue weighted by molar-refractivity contribution is 4.88. The van der Waals surface area contributed by atoms with Crippen LogP contribution >= 0.6 is 0 Å². The lowest BCUT2D eigenvalue weighted by atomic mass is 9.84. The van der Waals surface area contributed by atoms with E-state index in [-0.39, 0.29) is 0 Å². The topological polar surface area (TPSA) is 21.3 Å². The van der Waals surface area contributed by atoms with E-state index in [4.69, 9.17) is 4.74 Å². The van der Waals surface area contributed by atoms with Crippen LogP contribution in [0.4, 0.5) is 0 Å². The van der Waals surface area contributed by atoms with Gasteiger partial charge in [-0.15, -0.1) is 0 Å². The van der Waals surface area contributed by atoms with Gasteiger partial charge in [0.1, 0.15) is 0 Å². The third kappa shape index (κ3) is 0.956. The number of piperidine rings is 1. The van der Waals surface area contributed by atoms with E-state index in [2.05, 4.69) is 12.2 Å². The molecule has 0 aliphatic carbocycles. The first kappa shape index (κ1) is 6.62. The third-order valence-corrected chi connectivity index (χ3v) is 2.86. The lowest BCUT2D eigenvalue weighted by Crippen LogP contribution is -2.44. The van der Waals surface area contributed by atoms with Crippen LogP contribution in [-0.2, 0) is 4.74 Å². The molecule has 2 heteroatoms. The normalized spacial score (nSPS) is 47.1. The lowest BCUT2D eigenvalue weighted by Gasteiger charge is -2.30. The Morgan fingerprint density at radius 1 is 1.40 bits per heavy atom. The first-order valence-corrected chi connectivity index (χ1v) is 4.19. The van der Waals surface area contributed by atoms with Gasteiger partial charge in [0.25, 0.3) is 0 Å². The molecule has 1 N–H and O–H groups in total. The minimum Gasteiger partial charge on any atom is -0.379 e. The number of hydrogen-bond acceptors (Lipinski definition) is 2. The van der Waals surface area contributed by atoms with Crippen molar-refractivity contribution >= 4 is 0 Å². The Labute approximate surface area is 61.9 Å². The van der Waals surface area contributed by atoms with Gasteiger partial charge in [-0.1, -0.05) is 6.92 Å². The molecule has 0 bridgehead atoms. The van der Waals surface area contributed by atoms with Crippen LogP contribution in [0.25, 0.3) is 0 Å². The van der Waals surface area contributed by atoms with Crippen LogP contribution in [0.3, 0.4) is 0 Å². The zero-order valence-electron chi connectivity index (χ0n) is 6.47. The number of fused-ring (bicyclic) bond motifs is 1. The van der Waals surface area contributed by atoms with Gasteiger partial charge in [-0.2, -0.15) is 0 Å². The summed E-state index contributed by atoms with van der Waals surface area (Å²) < 4.78 is 5.40. The molecule has 2 heterocycles. The Kier molecular flexibility index (Phi) is 1.66. The lowest BCUT2D eigenvalue weighted by molar-refractivity contribution is 0.174. The molecule has 2 aliphatic rings. The van der Waals surface area contributed by atoms with Crippen molar-refractivity contribution in [2.45, 2.75) is 19.4 Å². The molecule has 0 aromatic carbocycles. The molecule has 2 rings (SSSR count). The standard InChI is InChI=1S/C8H15NO/c1-6-2-3-9-8-5-10-4-7(6)8/h6-9H,2-5H2,1H3. The molecule has 0 aromatic heterocycles. The Balaban J connectivity index is 2.03. The summed E-state index contributed by atoms with van der Waals surface area (Å²) in [4.78, 5) is 0. The molecule has 0 aromatic rings. The molecule has 0 amide bonds. The Morgan fingerprint density at radius 3 is 3.10 bits per heavy atom. The van der Waals surface area contributed by atoms with Crippen LogP contribution in [0.5, 0.6) is 0 Å². The second kappa shape index (κ2) is 2.51. The number of rotatable bonds is 0. The zero-order chi connectivity index (χ0) is 6.97. The molecule has 2 nitrogen and oxygen atoms in total. The summed E-state index contributed by atoms with van der Waals surface area (Å²) in [6.45, 7) is 5.45. The molecule has 2 fully saturated rings. The summed E-state index contributed by atoms with van der Waals surface area (Å²) in [5.41, 5.74) is 0. The Morgan fingerprint density at radius 2 is 2.30 bits per heavy atom. The highest BCUT2D eigenvalue weighted by atomic mass is 16.5. The molecule has 3 atom stereocenters. The molecule has 2 saturated heterocycles. The second-order valence-corrected chi connectivity index (χ2v) is 3.53. The first-order chi connectivity index (χ1) is 4.88. The molecule has 0 radical (unpaired) electrons. The van der Waals surface area contributed by atoms with E-state index in [9.17, 15) is 0 Å². The van der Waals surface area contributed by atoms with Crippen LogP contribution in [-0.4, -0.2) is 25.8 Å². The predicted octanol–water partition coefficient (Wildman–Crippen LogP) is 0.631. The summed E-state index contributed by atoms with van der Waals surface area (Å²) in [6, 6.07) is 0.670. The highest BCUT2D eigenvalue weighted by Gasteiger charge is 2.34. The van der Waals surface area contributed by atoms with E-state index in [0.29, 0.717) is 6.04 Å². The van der Waals surface area contributed by atoms with Crippen LogP contribution in [0.1, 0.15) is 13.3 Å². The minimum absolute atomic E-state index is 0.670. The summed E-state index contributed by atoms with van der Waals surface area (Å²) in [5, 5.41) is 3.49. The van der Waals surface area contributed by atoms with Crippen molar-refractivity contribution in [1.29, 1.82) is 0 Å². The highest BCUT2D eigenvalue weighted by Crippen LogP contribution is 2.27. The van der Waals surface area contributed by atoms with Crippen molar-refractivity contribution in [3.63, 3.8) is 0 Å². The molecule has 0 saturated carbocycles. The van der Waals surface area contributed by atoms with Crippen LogP contribution < -0.4 is 5.32 Å². The molecule has 3 unspecified atom stereocenters. The molecular weight excluding hydrogens is 126 g/mol. The summed E-state index contributed by atoms with van der Waals surface area (Å²) in [6.07, 6.45) is 1.32. The molecular formula is C8H15NO. The van der Waals surface area contributed by atoms with Gasteiger partial charge in [0.2, 0.25) is 0 Å².